The molecular formula is C13H23N3O2. The number of carbonyl (C=O) groups is 1. The van der Waals surface area contributed by atoms with Crippen LogP contribution in [0.2, 0.25) is 0 Å². The molecule has 1 amide bonds. The number of nitrogens with one attached hydrogen (secondary N) is 1. The molecule has 0 radical (unpaired) electrons. The van der Waals surface area contributed by atoms with E-state index < -0.39 is 0 Å². The Labute approximate surface area is 109 Å². The van der Waals surface area contributed by atoms with Gasteiger partial charge in [-0.3, -0.25) is 4.79 Å². The first kappa shape index (κ1) is 14.9. The first-order valence-corrected chi connectivity index (χ1v) is 6.60. The van der Waals surface area contributed by atoms with Crippen LogP contribution in [0.1, 0.15) is 26.7 Å². The van der Waals surface area contributed by atoms with E-state index in [9.17, 15) is 4.79 Å². The number of hydrogen-bond acceptors (Lipinski definition) is 4. The average molecular weight is 253 g/mol. The molecular weight excluding hydrogens is 230 g/mol. The molecule has 1 aliphatic heterocycles. The van der Waals surface area contributed by atoms with Gasteiger partial charge in [-0.1, -0.05) is 13.8 Å². The molecule has 0 spiro atoms. The average Bonchev–Trinajstić information content (AvgIpc) is 2.35. The molecule has 102 valence electrons. The number of ether oxygens (including phenoxy) is 1. The van der Waals surface area contributed by atoms with Gasteiger partial charge in [0.25, 0.3) is 0 Å². The van der Waals surface area contributed by atoms with E-state index in [1.54, 1.807) is 4.90 Å². The maximum absolute atomic E-state index is 12.2. The SMILES string of the molecule is CC(C)CN(CCC#N)C(=O)CC1CNCCO1. The zero-order valence-electron chi connectivity index (χ0n) is 11.3. The van der Waals surface area contributed by atoms with E-state index in [2.05, 4.69) is 25.2 Å². The Morgan fingerprint density at radius 2 is 2.39 bits per heavy atom. The summed E-state index contributed by atoms with van der Waals surface area (Å²) in [6.07, 6.45) is 0.774. The van der Waals surface area contributed by atoms with Gasteiger partial charge in [0.15, 0.2) is 0 Å². The van der Waals surface area contributed by atoms with Crippen molar-refractivity contribution in [3.8, 4) is 6.07 Å². The van der Waals surface area contributed by atoms with Gasteiger partial charge >= 0.3 is 0 Å². The fraction of sp³-hybridized carbons (Fsp3) is 0.846. The van der Waals surface area contributed by atoms with Gasteiger partial charge in [0, 0.05) is 26.2 Å². The van der Waals surface area contributed by atoms with Crippen LogP contribution in [-0.4, -0.2) is 49.7 Å². The lowest BCUT2D eigenvalue weighted by Crippen LogP contribution is -2.43. The summed E-state index contributed by atoms with van der Waals surface area (Å²) in [5, 5.41) is 11.8. The van der Waals surface area contributed by atoms with Crippen molar-refractivity contribution in [3.05, 3.63) is 0 Å². The Kier molecular flexibility index (Phi) is 6.69. The van der Waals surface area contributed by atoms with Crippen LogP contribution >= 0.6 is 0 Å². The highest BCUT2D eigenvalue weighted by atomic mass is 16.5. The van der Waals surface area contributed by atoms with Gasteiger partial charge in [-0.25, -0.2) is 0 Å². The molecule has 1 heterocycles. The minimum atomic E-state index is -0.0250. The van der Waals surface area contributed by atoms with Gasteiger partial charge < -0.3 is 15.0 Å². The van der Waals surface area contributed by atoms with Crippen molar-refractivity contribution >= 4 is 5.91 Å². The molecule has 1 aliphatic rings. The van der Waals surface area contributed by atoms with Crippen LogP contribution in [0.5, 0.6) is 0 Å². The van der Waals surface area contributed by atoms with E-state index in [1.807, 2.05) is 0 Å². The van der Waals surface area contributed by atoms with E-state index in [0.29, 0.717) is 38.5 Å². The molecule has 5 heteroatoms. The standard InChI is InChI=1S/C13H23N3O2/c1-11(2)10-16(6-3-4-14)13(17)8-12-9-15-5-7-18-12/h11-12,15H,3,5-10H2,1-2H3. The molecule has 0 aromatic rings. The van der Waals surface area contributed by atoms with Crippen LogP contribution in [0, 0.1) is 17.2 Å². The Hall–Kier alpha value is -1.12. The van der Waals surface area contributed by atoms with Crippen molar-refractivity contribution < 1.29 is 9.53 Å². The summed E-state index contributed by atoms with van der Waals surface area (Å²) < 4.78 is 5.53. The third-order valence-corrected chi connectivity index (χ3v) is 2.84. The van der Waals surface area contributed by atoms with Crippen LogP contribution in [0.3, 0.4) is 0 Å². The minimum Gasteiger partial charge on any atom is -0.375 e. The smallest absolute Gasteiger partial charge is 0.225 e. The van der Waals surface area contributed by atoms with Gasteiger partial charge in [0.05, 0.1) is 31.6 Å². The third kappa shape index (κ3) is 5.48. The molecule has 1 atom stereocenters. The number of rotatable bonds is 6. The van der Waals surface area contributed by atoms with Crippen LogP contribution in [0.25, 0.3) is 0 Å². The normalized spacial score (nSPS) is 19.6. The largest absolute Gasteiger partial charge is 0.375 e. The second kappa shape index (κ2) is 8.06. The molecule has 0 saturated carbocycles. The quantitative estimate of drug-likeness (QED) is 0.759. The number of hydrogen-bond donors (Lipinski definition) is 1. The lowest BCUT2D eigenvalue weighted by atomic mass is 10.1. The number of nitriles is 1. The fourth-order valence-electron chi connectivity index (χ4n) is 2.02. The molecule has 1 unspecified atom stereocenters. The predicted octanol–water partition coefficient (Wildman–Crippen LogP) is 0.763. The maximum Gasteiger partial charge on any atom is 0.225 e. The minimum absolute atomic E-state index is 0.0250. The van der Waals surface area contributed by atoms with Crippen LogP contribution in [0.4, 0.5) is 0 Å². The molecule has 0 aromatic heterocycles. The monoisotopic (exact) mass is 253 g/mol. The summed E-state index contributed by atoms with van der Waals surface area (Å²) in [4.78, 5) is 13.9. The van der Waals surface area contributed by atoms with Crippen molar-refractivity contribution in [2.45, 2.75) is 32.8 Å². The second-order valence-corrected chi connectivity index (χ2v) is 5.04. The molecule has 1 rings (SSSR count). The van der Waals surface area contributed by atoms with Gasteiger partial charge in [-0.2, -0.15) is 5.26 Å². The van der Waals surface area contributed by atoms with E-state index in [4.69, 9.17) is 10.00 Å². The number of amides is 1. The molecule has 0 aliphatic carbocycles. The second-order valence-electron chi connectivity index (χ2n) is 5.04. The number of nitrogens with zero attached hydrogens (tertiary/aromatic N) is 2. The lowest BCUT2D eigenvalue weighted by Gasteiger charge is -2.28. The number of carbonyl (C=O) groups excluding carboxylic acids is 1. The van der Waals surface area contributed by atoms with Crippen molar-refractivity contribution in [2.75, 3.05) is 32.8 Å². The molecule has 1 N–H and O–H groups in total. The molecule has 5 nitrogen and oxygen atoms in total. The highest BCUT2D eigenvalue weighted by Gasteiger charge is 2.21. The van der Waals surface area contributed by atoms with E-state index in [0.717, 1.165) is 13.1 Å². The first-order valence-electron chi connectivity index (χ1n) is 6.60. The summed E-state index contributed by atoms with van der Waals surface area (Å²) in [7, 11) is 0. The molecule has 1 saturated heterocycles. The zero-order chi connectivity index (χ0) is 13.4. The van der Waals surface area contributed by atoms with Gasteiger partial charge in [0.1, 0.15) is 0 Å². The van der Waals surface area contributed by atoms with E-state index in [1.165, 1.54) is 0 Å². The maximum atomic E-state index is 12.2. The Balaban J connectivity index is 2.44. The molecule has 0 bridgehead atoms. The Bertz CT molecular complexity index is 293. The highest BCUT2D eigenvalue weighted by molar-refractivity contribution is 5.76. The number of morpholine rings is 1. The highest BCUT2D eigenvalue weighted by Crippen LogP contribution is 2.08. The fourth-order valence-corrected chi connectivity index (χ4v) is 2.02. The van der Waals surface area contributed by atoms with Crippen LogP contribution < -0.4 is 5.32 Å². The summed E-state index contributed by atoms with van der Waals surface area (Å²) in [5.41, 5.74) is 0. The van der Waals surface area contributed by atoms with Crippen molar-refractivity contribution in [1.82, 2.24) is 10.2 Å². The predicted molar refractivity (Wildman–Crippen MR) is 68.9 cm³/mol. The zero-order valence-corrected chi connectivity index (χ0v) is 11.3. The summed E-state index contributed by atoms with van der Waals surface area (Å²) in [6, 6.07) is 2.09. The molecule has 0 aromatic carbocycles. The molecule has 1 fully saturated rings. The van der Waals surface area contributed by atoms with E-state index in [-0.39, 0.29) is 12.0 Å². The van der Waals surface area contributed by atoms with Crippen molar-refractivity contribution in [3.63, 3.8) is 0 Å². The van der Waals surface area contributed by atoms with Crippen molar-refractivity contribution in [2.24, 2.45) is 5.92 Å². The Morgan fingerprint density at radius 1 is 1.61 bits per heavy atom. The Morgan fingerprint density at radius 3 is 2.94 bits per heavy atom. The van der Waals surface area contributed by atoms with E-state index >= 15 is 0 Å². The first-order chi connectivity index (χ1) is 8.63. The summed E-state index contributed by atoms with van der Waals surface area (Å²) in [5.74, 6) is 0.505. The van der Waals surface area contributed by atoms with Gasteiger partial charge in [-0.15, -0.1) is 0 Å². The lowest BCUT2D eigenvalue weighted by molar-refractivity contribution is -0.135. The van der Waals surface area contributed by atoms with Crippen LogP contribution in [0.15, 0.2) is 0 Å². The van der Waals surface area contributed by atoms with Crippen molar-refractivity contribution in [1.29, 1.82) is 5.26 Å². The summed E-state index contributed by atoms with van der Waals surface area (Å²) >= 11 is 0. The van der Waals surface area contributed by atoms with Crippen LogP contribution in [-0.2, 0) is 9.53 Å². The third-order valence-electron chi connectivity index (χ3n) is 2.84. The molecule has 18 heavy (non-hydrogen) atoms. The summed E-state index contributed by atoms with van der Waals surface area (Å²) in [6.45, 7) is 7.64. The topological polar surface area (TPSA) is 65.4 Å². The van der Waals surface area contributed by atoms with Gasteiger partial charge in [0.2, 0.25) is 5.91 Å². The van der Waals surface area contributed by atoms with Gasteiger partial charge in [-0.05, 0) is 5.92 Å².